The maximum Gasteiger partial charge on any atom is 0.251 e. The summed E-state index contributed by atoms with van der Waals surface area (Å²) >= 11 is 0. The molecule has 1 aromatic rings. The number of benzene rings is 1. The van der Waals surface area contributed by atoms with Crippen LogP contribution in [0.2, 0.25) is 0 Å². The van der Waals surface area contributed by atoms with Gasteiger partial charge in [0.15, 0.2) is 0 Å². The van der Waals surface area contributed by atoms with Gasteiger partial charge in [-0.15, -0.1) is 0 Å². The van der Waals surface area contributed by atoms with Crippen LogP contribution in [0.25, 0.3) is 0 Å². The van der Waals surface area contributed by atoms with Crippen molar-refractivity contribution in [2.24, 2.45) is 5.73 Å². The topological polar surface area (TPSA) is 99.2 Å². The number of amidine groups is 1. The summed E-state index contributed by atoms with van der Waals surface area (Å²) in [7, 11) is 0. The van der Waals surface area contributed by atoms with Crippen molar-refractivity contribution >= 4 is 11.7 Å². The maximum atomic E-state index is 11.7. The summed E-state index contributed by atoms with van der Waals surface area (Å²) in [6.07, 6.45) is 0. The number of nitrogens with two attached hydrogens (primary N) is 1. The summed E-state index contributed by atoms with van der Waals surface area (Å²) in [5, 5.41) is 18.5. The Balaban J connectivity index is 2.71. The minimum atomic E-state index is -0.825. The number of amides is 1. The second kappa shape index (κ2) is 5.27. The fourth-order valence-corrected chi connectivity index (χ4v) is 1.17. The molecule has 1 unspecified atom stereocenters. The third-order valence-corrected chi connectivity index (χ3v) is 2.18. The smallest absolute Gasteiger partial charge is 0.251 e. The Morgan fingerprint density at radius 1 is 1.50 bits per heavy atom. The van der Waals surface area contributed by atoms with Crippen molar-refractivity contribution in [2.45, 2.75) is 13.0 Å². The zero-order valence-corrected chi connectivity index (χ0v) is 9.03. The first-order chi connectivity index (χ1) is 7.54. The van der Waals surface area contributed by atoms with Crippen LogP contribution in [-0.4, -0.2) is 29.5 Å². The number of hydrogen-bond acceptors (Lipinski definition) is 3. The summed E-state index contributed by atoms with van der Waals surface area (Å²) in [6, 6.07) is 6.17. The van der Waals surface area contributed by atoms with Crippen molar-refractivity contribution in [1.29, 1.82) is 5.41 Å². The van der Waals surface area contributed by atoms with E-state index in [1.807, 2.05) is 19.1 Å². The first kappa shape index (κ1) is 12.2. The van der Waals surface area contributed by atoms with Gasteiger partial charge in [0.1, 0.15) is 11.9 Å². The molecule has 0 aliphatic rings. The van der Waals surface area contributed by atoms with Crippen molar-refractivity contribution in [3.63, 3.8) is 0 Å². The molecule has 5 N–H and O–H groups in total. The van der Waals surface area contributed by atoms with Crippen LogP contribution in [0.3, 0.4) is 0 Å². The molecule has 1 amide bonds. The van der Waals surface area contributed by atoms with Gasteiger partial charge in [-0.1, -0.05) is 17.7 Å². The Kier molecular flexibility index (Phi) is 4.02. The fourth-order valence-electron chi connectivity index (χ4n) is 1.17. The Labute approximate surface area is 93.8 Å². The maximum absolute atomic E-state index is 11.7. The molecule has 5 heteroatoms. The van der Waals surface area contributed by atoms with E-state index in [0.29, 0.717) is 5.56 Å². The number of aryl methyl sites for hydroxylation is 1. The molecule has 0 aromatic heterocycles. The van der Waals surface area contributed by atoms with Crippen LogP contribution < -0.4 is 11.1 Å². The van der Waals surface area contributed by atoms with Gasteiger partial charge in [0.2, 0.25) is 0 Å². The zero-order chi connectivity index (χ0) is 12.1. The van der Waals surface area contributed by atoms with E-state index in [4.69, 9.17) is 16.2 Å². The lowest BCUT2D eigenvalue weighted by Gasteiger charge is -2.14. The zero-order valence-electron chi connectivity index (χ0n) is 9.03. The molecular formula is C11H15N3O2. The van der Waals surface area contributed by atoms with Gasteiger partial charge >= 0.3 is 0 Å². The van der Waals surface area contributed by atoms with E-state index in [9.17, 15) is 4.79 Å². The number of aliphatic hydroxyl groups excluding tert-OH is 1. The van der Waals surface area contributed by atoms with Crippen LogP contribution in [-0.2, 0) is 0 Å². The van der Waals surface area contributed by atoms with Crippen LogP contribution in [0, 0.1) is 12.3 Å². The van der Waals surface area contributed by atoms with Gasteiger partial charge in [-0.25, -0.2) is 0 Å². The van der Waals surface area contributed by atoms with E-state index in [1.165, 1.54) is 0 Å². The molecule has 0 heterocycles. The van der Waals surface area contributed by atoms with Crippen LogP contribution in [0.1, 0.15) is 15.9 Å². The predicted molar refractivity (Wildman–Crippen MR) is 61.4 cm³/mol. The third-order valence-electron chi connectivity index (χ3n) is 2.18. The summed E-state index contributed by atoms with van der Waals surface area (Å²) in [6.45, 7) is 1.54. The lowest BCUT2D eigenvalue weighted by Crippen LogP contribution is -2.46. The predicted octanol–water partition coefficient (Wildman–Crippen LogP) is 0.0217. The molecule has 0 bridgehead atoms. The molecule has 0 radical (unpaired) electrons. The van der Waals surface area contributed by atoms with E-state index in [0.717, 1.165) is 5.56 Å². The highest BCUT2D eigenvalue weighted by molar-refractivity contribution is 5.97. The lowest BCUT2D eigenvalue weighted by molar-refractivity contribution is 0.0933. The SMILES string of the molecule is Cc1ccc(C(=O)NC(CO)C(=N)N)cc1. The quantitative estimate of drug-likeness (QED) is 0.426. The average Bonchev–Trinajstić information content (AvgIpc) is 2.26. The Hall–Kier alpha value is -1.88. The average molecular weight is 221 g/mol. The fraction of sp³-hybridized carbons (Fsp3) is 0.273. The molecule has 0 aliphatic carbocycles. The largest absolute Gasteiger partial charge is 0.394 e. The molecule has 0 fully saturated rings. The number of nitrogens with one attached hydrogen (secondary N) is 2. The molecule has 0 aliphatic heterocycles. The van der Waals surface area contributed by atoms with Crippen LogP contribution in [0.4, 0.5) is 0 Å². The first-order valence-corrected chi connectivity index (χ1v) is 4.87. The summed E-state index contributed by atoms with van der Waals surface area (Å²) in [5.41, 5.74) is 6.74. The Morgan fingerprint density at radius 2 is 2.06 bits per heavy atom. The van der Waals surface area contributed by atoms with E-state index < -0.39 is 6.04 Å². The summed E-state index contributed by atoms with van der Waals surface area (Å²) < 4.78 is 0. The van der Waals surface area contributed by atoms with Gasteiger partial charge in [0.25, 0.3) is 5.91 Å². The van der Waals surface area contributed by atoms with E-state index in [1.54, 1.807) is 12.1 Å². The standard InChI is InChI=1S/C11H15N3O2/c1-7-2-4-8(5-3-7)11(16)14-9(6-15)10(12)13/h2-5,9,15H,6H2,1H3,(H3,12,13)(H,14,16). The van der Waals surface area contributed by atoms with E-state index in [2.05, 4.69) is 5.32 Å². The first-order valence-electron chi connectivity index (χ1n) is 4.87. The molecular weight excluding hydrogens is 206 g/mol. The van der Waals surface area contributed by atoms with Crippen LogP contribution in [0.15, 0.2) is 24.3 Å². The number of carbonyl (C=O) groups is 1. The highest BCUT2D eigenvalue weighted by Gasteiger charge is 2.14. The van der Waals surface area contributed by atoms with Crippen LogP contribution >= 0.6 is 0 Å². The molecule has 1 atom stereocenters. The third kappa shape index (κ3) is 3.06. The van der Waals surface area contributed by atoms with Gasteiger partial charge in [-0.05, 0) is 19.1 Å². The summed E-state index contributed by atoms with van der Waals surface area (Å²) in [5.74, 6) is -0.614. The molecule has 16 heavy (non-hydrogen) atoms. The molecule has 0 saturated carbocycles. The van der Waals surface area contributed by atoms with Gasteiger partial charge < -0.3 is 16.2 Å². The second-order valence-electron chi connectivity index (χ2n) is 3.53. The van der Waals surface area contributed by atoms with Crippen molar-refractivity contribution in [3.05, 3.63) is 35.4 Å². The Bertz CT molecular complexity index is 387. The van der Waals surface area contributed by atoms with Crippen molar-refractivity contribution < 1.29 is 9.90 Å². The van der Waals surface area contributed by atoms with Crippen LogP contribution in [0.5, 0.6) is 0 Å². The lowest BCUT2D eigenvalue weighted by atomic mass is 10.1. The van der Waals surface area contributed by atoms with E-state index >= 15 is 0 Å². The highest BCUT2D eigenvalue weighted by atomic mass is 16.3. The normalized spacial score (nSPS) is 11.9. The minimum absolute atomic E-state index is 0.261. The molecule has 1 aromatic carbocycles. The number of carbonyl (C=O) groups excluding carboxylic acids is 1. The summed E-state index contributed by atoms with van der Waals surface area (Å²) in [4.78, 5) is 11.7. The highest BCUT2D eigenvalue weighted by Crippen LogP contribution is 2.03. The second-order valence-corrected chi connectivity index (χ2v) is 3.53. The number of rotatable bonds is 4. The molecule has 0 saturated heterocycles. The van der Waals surface area contributed by atoms with Gasteiger partial charge in [0.05, 0.1) is 6.61 Å². The molecule has 1 rings (SSSR count). The number of aliphatic hydroxyl groups is 1. The molecule has 0 spiro atoms. The van der Waals surface area contributed by atoms with Crippen molar-refractivity contribution in [3.8, 4) is 0 Å². The van der Waals surface area contributed by atoms with Gasteiger partial charge in [-0.2, -0.15) is 0 Å². The minimum Gasteiger partial charge on any atom is -0.394 e. The molecule has 86 valence electrons. The Morgan fingerprint density at radius 3 is 2.50 bits per heavy atom. The van der Waals surface area contributed by atoms with Crippen molar-refractivity contribution in [2.75, 3.05) is 6.61 Å². The van der Waals surface area contributed by atoms with Gasteiger partial charge in [0, 0.05) is 5.56 Å². The monoisotopic (exact) mass is 221 g/mol. The van der Waals surface area contributed by atoms with Gasteiger partial charge in [-0.3, -0.25) is 10.2 Å². The molecule has 5 nitrogen and oxygen atoms in total. The van der Waals surface area contributed by atoms with Crippen molar-refractivity contribution in [1.82, 2.24) is 5.32 Å². The number of hydrogen-bond donors (Lipinski definition) is 4. The van der Waals surface area contributed by atoms with E-state index in [-0.39, 0.29) is 18.3 Å².